The van der Waals surface area contributed by atoms with Gasteiger partial charge in [-0.15, -0.1) is 0 Å². The Hall–Kier alpha value is -5.98. The van der Waals surface area contributed by atoms with E-state index in [2.05, 4.69) is 33.1 Å². The summed E-state index contributed by atoms with van der Waals surface area (Å²) in [7, 11) is 0. The van der Waals surface area contributed by atoms with Gasteiger partial charge in [0.1, 0.15) is 6.04 Å². The molecule has 3 atom stereocenters. The Morgan fingerprint density at radius 1 is 0.852 bits per heavy atom. The number of aliphatic imine (C=N–C) groups is 1. The summed E-state index contributed by atoms with van der Waals surface area (Å²) in [4.78, 5) is 59.2. The van der Waals surface area contributed by atoms with Gasteiger partial charge in [0.25, 0.3) is 0 Å². The van der Waals surface area contributed by atoms with Crippen molar-refractivity contribution in [3.63, 3.8) is 0 Å². The van der Waals surface area contributed by atoms with Crippen molar-refractivity contribution >= 4 is 35.7 Å². The predicted molar refractivity (Wildman–Crippen MR) is 181 cm³/mol. The molecular formula is C35H37F6N5O8. The zero-order chi connectivity index (χ0) is 40.5. The minimum Gasteiger partial charge on any atom is -0.475 e. The monoisotopic (exact) mass is 769 g/mol. The molecule has 0 saturated carbocycles. The third-order valence-corrected chi connectivity index (χ3v) is 7.34. The van der Waals surface area contributed by atoms with Gasteiger partial charge < -0.3 is 36.6 Å². The van der Waals surface area contributed by atoms with Crippen LogP contribution in [-0.4, -0.2) is 76.9 Å². The highest BCUT2D eigenvalue weighted by Gasteiger charge is 2.39. The molecule has 292 valence electrons. The molecule has 13 nitrogen and oxygen atoms in total. The Morgan fingerprint density at radius 3 is 1.87 bits per heavy atom. The fourth-order valence-corrected chi connectivity index (χ4v) is 4.66. The minimum absolute atomic E-state index is 0.120. The van der Waals surface area contributed by atoms with Crippen molar-refractivity contribution in [2.24, 2.45) is 10.7 Å². The first-order valence-electron chi connectivity index (χ1n) is 15.9. The number of carbonyl (C=O) groups is 5. The van der Waals surface area contributed by atoms with Gasteiger partial charge in [0.15, 0.2) is 0 Å². The van der Waals surface area contributed by atoms with Gasteiger partial charge in [-0.1, -0.05) is 72.8 Å². The summed E-state index contributed by atoms with van der Waals surface area (Å²) in [6.07, 6.45) is -9.46. The predicted octanol–water partition coefficient (Wildman–Crippen LogP) is 4.65. The molecule has 19 heteroatoms. The first-order chi connectivity index (χ1) is 25.3. The van der Waals surface area contributed by atoms with Crippen molar-refractivity contribution in [3.05, 3.63) is 107 Å². The Morgan fingerprint density at radius 2 is 1.37 bits per heavy atom. The summed E-state index contributed by atoms with van der Waals surface area (Å²) in [6, 6.07) is 25.8. The number of ether oxygens (including phenoxy) is 1. The van der Waals surface area contributed by atoms with E-state index in [1.54, 1.807) is 31.2 Å². The average Bonchev–Trinajstić information content (AvgIpc) is 3.13. The minimum atomic E-state index is -5.08. The maximum absolute atomic E-state index is 12.9. The number of hydrogen-bond donors (Lipinski definition) is 6. The second-order valence-corrected chi connectivity index (χ2v) is 11.4. The van der Waals surface area contributed by atoms with Crippen LogP contribution in [0.5, 0.6) is 0 Å². The van der Waals surface area contributed by atoms with E-state index in [1.807, 2.05) is 48.5 Å². The quantitative estimate of drug-likeness (QED) is 0.102. The number of rotatable bonds is 9. The van der Waals surface area contributed by atoms with Crippen molar-refractivity contribution in [3.8, 4) is 0 Å². The smallest absolute Gasteiger partial charge is 0.475 e. The highest BCUT2D eigenvalue weighted by molar-refractivity contribution is 6.00. The van der Waals surface area contributed by atoms with Crippen LogP contribution in [0.15, 0.2) is 89.9 Å². The number of nitrogens with two attached hydrogens (primary N) is 1. The third-order valence-electron chi connectivity index (χ3n) is 7.34. The van der Waals surface area contributed by atoms with Crippen LogP contribution < -0.4 is 21.7 Å². The Kier molecular flexibility index (Phi) is 17.1. The lowest BCUT2D eigenvalue weighted by Gasteiger charge is -2.30. The van der Waals surface area contributed by atoms with Gasteiger partial charge in [0, 0.05) is 12.1 Å². The summed E-state index contributed by atoms with van der Waals surface area (Å²) in [6.45, 7) is 3.01. The van der Waals surface area contributed by atoms with Crippen molar-refractivity contribution in [2.75, 3.05) is 6.54 Å². The molecule has 1 saturated heterocycles. The number of alkyl halides is 6. The molecule has 54 heavy (non-hydrogen) atoms. The summed E-state index contributed by atoms with van der Waals surface area (Å²) in [5.41, 5.74) is 8.84. The number of amides is 3. The van der Waals surface area contributed by atoms with E-state index in [-0.39, 0.29) is 30.3 Å². The summed E-state index contributed by atoms with van der Waals surface area (Å²) in [5, 5.41) is 23.2. The molecule has 1 heterocycles. The van der Waals surface area contributed by atoms with E-state index in [0.717, 1.165) is 24.1 Å². The largest absolute Gasteiger partial charge is 0.490 e. The van der Waals surface area contributed by atoms with Crippen LogP contribution in [-0.2, 0) is 37.0 Å². The number of hydrogen-bond acceptors (Lipinski definition) is 8. The van der Waals surface area contributed by atoms with Crippen LogP contribution in [0.2, 0.25) is 0 Å². The van der Waals surface area contributed by atoms with Crippen LogP contribution >= 0.6 is 0 Å². The number of piperidine rings is 1. The number of nitrogens with one attached hydrogen (secondary N) is 3. The number of halogens is 6. The Balaban J connectivity index is 0.000000610. The highest BCUT2D eigenvalue weighted by atomic mass is 19.4. The van der Waals surface area contributed by atoms with Crippen molar-refractivity contribution in [2.45, 2.75) is 63.2 Å². The summed E-state index contributed by atoms with van der Waals surface area (Å²) < 4.78 is 68.6. The SMILES string of the molecule is C[C@H](NC(=O)[C@H]1C[C@@H](c2ccccc2)CCN1)C(=O)NCc1ccc(C(=NCc2ccccc2)OC(N)=O)cc1.O=C(O)C(F)(F)F.O=C(O)C(F)(F)F. The fourth-order valence-electron chi connectivity index (χ4n) is 4.66. The second-order valence-electron chi connectivity index (χ2n) is 11.4. The molecule has 0 aliphatic carbocycles. The zero-order valence-corrected chi connectivity index (χ0v) is 28.5. The lowest BCUT2D eigenvalue weighted by atomic mass is 9.86. The number of carboxylic acids is 2. The van der Waals surface area contributed by atoms with Gasteiger partial charge >= 0.3 is 30.4 Å². The summed E-state index contributed by atoms with van der Waals surface area (Å²) >= 11 is 0. The molecular weight excluding hydrogens is 732 g/mol. The average molecular weight is 770 g/mol. The molecule has 0 radical (unpaired) electrons. The molecule has 1 fully saturated rings. The van der Waals surface area contributed by atoms with Gasteiger partial charge in [-0.05, 0) is 61.1 Å². The first kappa shape index (κ1) is 44.2. The molecule has 0 aromatic heterocycles. The van der Waals surface area contributed by atoms with Gasteiger partial charge in [-0.3, -0.25) is 9.59 Å². The van der Waals surface area contributed by atoms with Crippen molar-refractivity contribution < 1.29 is 65.3 Å². The molecule has 3 aromatic carbocycles. The standard InChI is InChI=1S/C31H35N5O4.2C2HF3O2/c1-21(36-29(38)27-18-26(16-17-33-27)24-10-6-3-7-11-24)28(37)34-19-23-12-14-25(15-13-23)30(40-31(32)39)35-20-22-8-4-2-5-9-22;2*3-2(4,5)1(6)7/h2-15,21,26-27,33H,16-20H2,1H3,(H2,32,39)(H,34,37)(H,36,38);2*(H,6,7)/t21-,26-,27+;;/m0../s1. The van der Waals surface area contributed by atoms with Gasteiger partial charge in [0.2, 0.25) is 17.7 Å². The molecule has 0 unspecified atom stereocenters. The number of benzene rings is 3. The highest BCUT2D eigenvalue weighted by Crippen LogP contribution is 2.27. The topological polar surface area (TPSA) is 210 Å². The van der Waals surface area contributed by atoms with E-state index in [1.165, 1.54) is 5.56 Å². The second kappa shape index (κ2) is 20.9. The fraction of sp³-hybridized carbons (Fsp3) is 0.314. The summed E-state index contributed by atoms with van der Waals surface area (Å²) in [5.74, 6) is -5.55. The molecule has 0 bridgehead atoms. The Labute approximate surface area is 304 Å². The van der Waals surface area contributed by atoms with Gasteiger partial charge in [0.05, 0.1) is 12.6 Å². The normalized spacial score (nSPS) is 16.2. The molecule has 3 amide bonds. The van der Waals surface area contributed by atoms with Crippen molar-refractivity contribution in [1.29, 1.82) is 0 Å². The molecule has 4 rings (SSSR count). The molecule has 1 aliphatic rings. The number of nitrogens with zero attached hydrogens (tertiary/aromatic N) is 1. The zero-order valence-electron chi connectivity index (χ0n) is 28.5. The van der Waals surface area contributed by atoms with Crippen LogP contribution in [0.3, 0.4) is 0 Å². The van der Waals surface area contributed by atoms with E-state index >= 15 is 0 Å². The van der Waals surface area contributed by atoms with Crippen LogP contribution in [0.1, 0.15) is 47.9 Å². The Bertz CT molecular complexity index is 1700. The van der Waals surface area contributed by atoms with Crippen LogP contribution in [0, 0.1) is 0 Å². The van der Waals surface area contributed by atoms with E-state index in [4.69, 9.17) is 30.3 Å². The number of carbonyl (C=O) groups excluding carboxylic acids is 3. The number of aliphatic carboxylic acids is 2. The van der Waals surface area contributed by atoms with E-state index < -0.39 is 36.4 Å². The molecule has 0 spiro atoms. The van der Waals surface area contributed by atoms with E-state index in [0.29, 0.717) is 24.4 Å². The number of carboxylic acid groups (broad SMARTS) is 2. The lowest BCUT2D eigenvalue weighted by molar-refractivity contribution is -0.193. The molecule has 7 N–H and O–H groups in total. The number of primary amides is 1. The molecule has 3 aromatic rings. The van der Waals surface area contributed by atoms with Gasteiger partial charge in [-0.25, -0.2) is 19.4 Å². The van der Waals surface area contributed by atoms with Gasteiger partial charge in [-0.2, -0.15) is 26.3 Å². The van der Waals surface area contributed by atoms with E-state index in [9.17, 15) is 40.7 Å². The van der Waals surface area contributed by atoms with Crippen LogP contribution in [0.4, 0.5) is 31.1 Å². The van der Waals surface area contributed by atoms with Crippen molar-refractivity contribution in [1.82, 2.24) is 16.0 Å². The third kappa shape index (κ3) is 16.1. The lowest BCUT2D eigenvalue weighted by Crippen LogP contribution is -2.53. The maximum Gasteiger partial charge on any atom is 0.490 e. The van der Waals surface area contributed by atoms with Crippen LogP contribution in [0.25, 0.3) is 0 Å². The first-order valence-corrected chi connectivity index (χ1v) is 15.9. The maximum atomic E-state index is 12.9. The molecule has 1 aliphatic heterocycles.